The monoisotopic (exact) mass is 765 g/mol. The molecule has 0 amide bonds. The van der Waals surface area contributed by atoms with Gasteiger partial charge in [-0.2, -0.15) is 0 Å². The van der Waals surface area contributed by atoms with Crippen LogP contribution in [0.5, 0.6) is 0 Å². The number of nitrogens with one attached hydrogen (secondary N) is 1. The lowest BCUT2D eigenvalue weighted by atomic mass is 10.2. The second-order valence-electron chi connectivity index (χ2n) is 11.3. The number of hydrogen-bond acceptors (Lipinski definition) is 16. The van der Waals surface area contributed by atoms with Crippen molar-refractivity contribution in [2.75, 3.05) is 157 Å². The molecule has 0 atom stereocenters. The molecule has 0 spiro atoms. The number of ether oxygens (including phenoxy) is 11. The van der Waals surface area contributed by atoms with Gasteiger partial charge in [-0.3, -0.25) is 20.2 Å². The first kappa shape index (κ1) is 48.4. The molecule has 0 aliphatic heterocycles. The molecular formula is C35H63N3O15. The highest BCUT2D eigenvalue weighted by atomic mass is 16.6. The minimum atomic E-state index is -0.680. The zero-order valence-electron chi connectivity index (χ0n) is 31.5. The van der Waals surface area contributed by atoms with E-state index in [-0.39, 0.29) is 23.7 Å². The highest BCUT2D eigenvalue weighted by Gasteiger charge is 2.19. The maximum atomic E-state index is 11.2. The Balaban J connectivity index is 1.70. The van der Waals surface area contributed by atoms with Crippen LogP contribution >= 0.6 is 0 Å². The number of nitro benzene ring substituents is 2. The van der Waals surface area contributed by atoms with Crippen molar-refractivity contribution in [2.24, 2.45) is 0 Å². The summed E-state index contributed by atoms with van der Waals surface area (Å²) in [4.78, 5) is 20.6. The molecule has 0 aromatic heterocycles. The molecular weight excluding hydrogens is 702 g/mol. The molecule has 0 saturated carbocycles. The van der Waals surface area contributed by atoms with Crippen LogP contribution in [0.3, 0.4) is 0 Å². The molecule has 18 nitrogen and oxygen atoms in total. The third kappa shape index (κ3) is 31.4. The normalized spacial score (nSPS) is 11.3. The van der Waals surface area contributed by atoms with E-state index in [0.29, 0.717) is 139 Å². The van der Waals surface area contributed by atoms with E-state index in [0.717, 1.165) is 19.1 Å². The van der Waals surface area contributed by atoms with Crippen molar-refractivity contribution in [1.82, 2.24) is 0 Å². The number of non-ortho nitro benzene ring substituents is 1. The SMILES string of the molecule is CCCCCCCOCCOCCOCCOCCOCCOCCOCCOCCOCCOCCOCCNc1ccc([N+](=O)[O-])cc1[N+](=O)[O-]. The molecule has 0 heterocycles. The predicted octanol–water partition coefficient (Wildman–Crippen LogP) is 4.07. The number of unbranched alkanes of at least 4 members (excludes halogenated alkanes) is 4. The van der Waals surface area contributed by atoms with Crippen LogP contribution in [-0.2, 0) is 52.1 Å². The molecule has 1 N–H and O–H groups in total. The molecule has 308 valence electrons. The van der Waals surface area contributed by atoms with Crippen molar-refractivity contribution in [3.05, 3.63) is 38.4 Å². The summed E-state index contributed by atoms with van der Waals surface area (Å²) in [7, 11) is 0. The molecule has 0 saturated heterocycles. The van der Waals surface area contributed by atoms with E-state index >= 15 is 0 Å². The van der Waals surface area contributed by atoms with E-state index in [1.807, 2.05) is 0 Å². The van der Waals surface area contributed by atoms with E-state index in [9.17, 15) is 20.2 Å². The van der Waals surface area contributed by atoms with Gasteiger partial charge in [-0.1, -0.05) is 32.6 Å². The second-order valence-corrected chi connectivity index (χ2v) is 11.3. The van der Waals surface area contributed by atoms with Gasteiger partial charge in [0, 0.05) is 19.2 Å². The van der Waals surface area contributed by atoms with Crippen LogP contribution in [0.25, 0.3) is 0 Å². The fourth-order valence-electron chi connectivity index (χ4n) is 4.30. The highest BCUT2D eigenvalue weighted by Crippen LogP contribution is 2.28. The average Bonchev–Trinajstić information content (AvgIpc) is 3.15. The molecule has 0 bridgehead atoms. The number of anilines is 1. The molecule has 0 radical (unpaired) electrons. The number of rotatable bonds is 42. The molecule has 1 rings (SSSR count). The molecule has 0 aliphatic carbocycles. The van der Waals surface area contributed by atoms with Crippen LogP contribution in [0.2, 0.25) is 0 Å². The third-order valence-corrected chi connectivity index (χ3v) is 7.06. The van der Waals surface area contributed by atoms with Crippen LogP contribution < -0.4 is 5.32 Å². The fraction of sp³-hybridized carbons (Fsp3) is 0.829. The van der Waals surface area contributed by atoms with Gasteiger partial charge in [0.05, 0.1) is 155 Å². The van der Waals surface area contributed by atoms with Crippen LogP contribution in [0.4, 0.5) is 17.1 Å². The Morgan fingerprint density at radius 1 is 0.453 bits per heavy atom. The van der Waals surface area contributed by atoms with Gasteiger partial charge in [-0.05, 0) is 12.5 Å². The summed E-state index contributed by atoms with van der Waals surface area (Å²) in [6.45, 7) is 13.2. The summed E-state index contributed by atoms with van der Waals surface area (Å²) in [5.74, 6) is 0. The van der Waals surface area contributed by atoms with E-state index in [1.165, 1.54) is 37.8 Å². The summed E-state index contributed by atoms with van der Waals surface area (Å²) in [5, 5.41) is 24.8. The number of benzene rings is 1. The van der Waals surface area contributed by atoms with E-state index in [1.54, 1.807) is 0 Å². The first-order valence-electron chi connectivity index (χ1n) is 18.6. The Morgan fingerprint density at radius 2 is 0.792 bits per heavy atom. The molecule has 0 unspecified atom stereocenters. The first-order chi connectivity index (χ1) is 26.1. The summed E-state index contributed by atoms with van der Waals surface area (Å²) in [6, 6.07) is 3.43. The lowest BCUT2D eigenvalue weighted by molar-refractivity contribution is -0.393. The Morgan fingerprint density at radius 3 is 1.13 bits per heavy atom. The smallest absolute Gasteiger partial charge is 0.299 e. The van der Waals surface area contributed by atoms with Gasteiger partial charge >= 0.3 is 0 Å². The first-order valence-corrected chi connectivity index (χ1v) is 18.6. The zero-order chi connectivity index (χ0) is 38.3. The van der Waals surface area contributed by atoms with Crippen molar-refractivity contribution in [3.63, 3.8) is 0 Å². The van der Waals surface area contributed by atoms with Crippen LogP contribution in [0, 0.1) is 20.2 Å². The van der Waals surface area contributed by atoms with Crippen molar-refractivity contribution in [3.8, 4) is 0 Å². The van der Waals surface area contributed by atoms with Gasteiger partial charge in [0.25, 0.3) is 11.4 Å². The minimum Gasteiger partial charge on any atom is -0.379 e. The van der Waals surface area contributed by atoms with Gasteiger partial charge in [0.1, 0.15) is 5.69 Å². The van der Waals surface area contributed by atoms with E-state index in [4.69, 9.17) is 52.1 Å². The summed E-state index contributed by atoms with van der Waals surface area (Å²) < 4.78 is 60.2. The van der Waals surface area contributed by atoms with Gasteiger partial charge in [0.2, 0.25) is 0 Å². The molecule has 1 aromatic carbocycles. The molecule has 53 heavy (non-hydrogen) atoms. The fourth-order valence-corrected chi connectivity index (χ4v) is 4.30. The van der Waals surface area contributed by atoms with Gasteiger partial charge in [-0.15, -0.1) is 0 Å². The standard InChI is InChI=1S/C35H63N3O15/c1-2-3-4-5-6-10-43-12-14-45-16-18-47-20-22-49-24-26-51-28-30-53-31-29-52-27-25-50-23-21-48-19-17-46-15-13-44-11-9-36-34-8-7-33(37(39)40)32-35(34)38(41)42/h7-8,32,36H,2-6,9-31H2,1H3. The molecule has 0 aliphatic rings. The number of nitrogens with zero attached hydrogens (tertiary/aromatic N) is 2. The topological polar surface area (TPSA) is 200 Å². The summed E-state index contributed by atoms with van der Waals surface area (Å²) >= 11 is 0. The van der Waals surface area contributed by atoms with Crippen molar-refractivity contribution < 1.29 is 62.0 Å². The van der Waals surface area contributed by atoms with Gasteiger partial charge in [0.15, 0.2) is 0 Å². The quantitative estimate of drug-likeness (QED) is 0.0567. The Kier molecular flexibility index (Phi) is 34.4. The predicted molar refractivity (Wildman–Crippen MR) is 196 cm³/mol. The van der Waals surface area contributed by atoms with Crippen LogP contribution in [0.15, 0.2) is 18.2 Å². The lowest BCUT2D eigenvalue weighted by Gasteiger charge is -2.09. The van der Waals surface area contributed by atoms with Crippen molar-refractivity contribution >= 4 is 17.1 Å². The maximum Gasteiger partial charge on any atom is 0.299 e. The molecule has 1 aromatic rings. The molecule has 18 heteroatoms. The van der Waals surface area contributed by atoms with Crippen LogP contribution in [-0.4, -0.2) is 162 Å². The zero-order valence-corrected chi connectivity index (χ0v) is 31.5. The van der Waals surface area contributed by atoms with Gasteiger partial charge in [-0.25, -0.2) is 0 Å². The maximum absolute atomic E-state index is 11.2. The highest BCUT2D eigenvalue weighted by molar-refractivity contribution is 5.65. The number of nitro groups is 2. The lowest BCUT2D eigenvalue weighted by Crippen LogP contribution is -2.16. The van der Waals surface area contributed by atoms with Crippen molar-refractivity contribution in [1.29, 1.82) is 0 Å². The van der Waals surface area contributed by atoms with E-state index in [2.05, 4.69) is 12.2 Å². The van der Waals surface area contributed by atoms with Crippen molar-refractivity contribution in [2.45, 2.75) is 39.0 Å². The molecule has 0 fully saturated rings. The Labute approximate surface area is 313 Å². The Hall–Kier alpha value is -2.62. The van der Waals surface area contributed by atoms with E-state index < -0.39 is 9.85 Å². The second kappa shape index (κ2) is 37.7. The third-order valence-electron chi connectivity index (χ3n) is 7.06. The summed E-state index contributed by atoms with van der Waals surface area (Å²) in [5.41, 5.74) is -0.523. The largest absolute Gasteiger partial charge is 0.379 e. The van der Waals surface area contributed by atoms with Gasteiger partial charge < -0.3 is 57.4 Å². The average molecular weight is 766 g/mol. The Bertz CT molecular complexity index is 996. The number of hydrogen-bond donors (Lipinski definition) is 1. The summed E-state index contributed by atoms with van der Waals surface area (Å²) in [6.07, 6.45) is 6.22. The minimum absolute atomic E-state index is 0.187. The van der Waals surface area contributed by atoms with Crippen LogP contribution in [0.1, 0.15) is 39.0 Å².